The molecule has 0 unspecified atom stereocenters. The Morgan fingerprint density at radius 1 is 1.00 bits per heavy atom. The molecule has 0 aliphatic heterocycles. The van der Waals surface area contributed by atoms with Crippen molar-refractivity contribution < 1.29 is 9.53 Å². The van der Waals surface area contributed by atoms with E-state index < -0.39 is 0 Å². The SMILES string of the molecule is Cc1cc(Cl)ccc1NC(=O)c1ccccc1COc1ccccc1. The summed E-state index contributed by atoms with van der Waals surface area (Å²) in [7, 11) is 0. The zero-order valence-corrected chi connectivity index (χ0v) is 14.6. The van der Waals surface area contributed by atoms with Gasteiger partial charge in [-0.15, -0.1) is 0 Å². The van der Waals surface area contributed by atoms with Crippen molar-refractivity contribution in [2.75, 3.05) is 5.32 Å². The molecule has 0 radical (unpaired) electrons. The summed E-state index contributed by atoms with van der Waals surface area (Å²) in [6.07, 6.45) is 0. The van der Waals surface area contributed by atoms with E-state index >= 15 is 0 Å². The van der Waals surface area contributed by atoms with Crippen LogP contribution in [-0.2, 0) is 6.61 Å². The van der Waals surface area contributed by atoms with E-state index in [4.69, 9.17) is 16.3 Å². The number of ether oxygens (including phenoxy) is 1. The predicted octanol–water partition coefficient (Wildman–Crippen LogP) is 5.48. The summed E-state index contributed by atoms with van der Waals surface area (Å²) < 4.78 is 5.78. The van der Waals surface area contributed by atoms with Crippen LogP contribution in [0.1, 0.15) is 21.5 Å². The lowest BCUT2D eigenvalue weighted by Gasteiger charge is -2.13. The van der Waals surface area contributed by atoms with Crippen LogP contribution >= 0.6 is 11.6 Å². The molecule has 0 bridgehead atoms. The van der Waals surface area contributed by atoms with Crippen molar-refractivity contribution in [1.29, 1.82) is 0 Å². The fourth-order valence-corrected chi connectivity index (χ4v) is 2.73. The monoisotopic (exact) mass is 351 g/mol. The minimum Gasteiger partial charge on any atom is -0.489 e. The molecule has 3 nitrogen and oxygen atoms in total. The minimum absolute atomic E-state index is 0.169. The Bertz CT molecular complexity index is 878. The Labute approximate surface area is 152 Å². The summed E-state index contributed by atoms with van der Waals surface area (Å²) >= 11 is 5.97. The molecule has 0 atom stereocenters. The Morgan fingerprint density at radius 3 is 2.48 bits per heavy atom. The van der Waals surface area contributed by atoms with Gasteiger partial charge in [-0.1, -0.05) is 48.0 Å². The number of carbonyl (C=O) groups is 1. The standard InChI is InChI=1S/C21H18ClNO2/c1-15-13-17(22)11-12-20(15)23-21(24)19-10-6-5-7-16(19)14-25-18-8-3-2-4-9-18/h2-13H,14H2,1H3,(H,23,24). The van der Waals surface area contributed by atoms with E-state index in [1.54, 1.807) is 18.2 Å². The molecule has 4 heteroatoms. The van der Waals surface area contributed by atoms with Crippen LogP contribution in [0.25, 0.3) is 0 Å². The number of carbonyl (C=O) groups excluding carboxylic acids is 1. The van der Waals surface area contributed by atoms with Crippen molar-refractivity contribution in [1.82, 2.24) is 0 Å². The molecule has 0 heterocycles. The van der Waals surface area contributed by atoms with Gasteiger partial charge in [0.2, 0.25) is 0 Å². The number of hydrogen-bond acceptors (Lipinski definition) is 2. The summed E-state index contributed by atoms with van der Waals surface area (Å²) in [5.41, 5.74) is 3.08. The molecule has 3 aromatic rings. The van der Waals surface area contributed by atoms with Gasteiger partial charge >= 0.3 is 0 Å². The topological polar surface area (TPSA) is 38.3 Å². The third kappa shape index (κ3) is 4.40. The number of halogens is 1. The first-order valence-corrected chi connectivity index (χ1v) is 8.34. The van der Waals surface area contributed by atoms with Crippen LogP contribution in [0, 0.1) is 6.92 Å². The first-order valence-electron chi connectivity index (χ1n) is 7.97. The first kappa shape index (κ1) is 17.1. The van der Waals surface area contributed by atoms with Crippen molar-refractivity contribution in [3.05, 3.63) is 94.5 Å². The van der Waals surface area contributed by atoms with Crippen LogP contribution in [0.2, 0.25) is 5.02 Å². The summed E-state index contributed by atoms with van der Waals surface area (Å²) in [4.78, 5) is 12.7. The maximum atomic E-state index is 12.7. The van der Waals surface area contributed by atoms with Crippen LogP contribution in [0.5, 0.6) is 5.75 Å². The van der Waals surface area contributed by atoms with Gasteiger partial charge in [-0.05, 0) is 48.9 Å². The lowest BCUT2D eigenvalue weighted by molar-refractivity contribution is 0.102. The van der Waals surface area contributed by atoms with Gasteiger partial charge in [0.05, 0.1) is 0 Å². The average Bonchev–Trinajstić information content (AvgIpc) is 2.63. The van der Waals surface area contributed by atoms with E-state index in [2.05, 4.69) is 5.32 Å². The second kappa shape index (κ2) is 7.86. The van der Waals surface area contributed by atoms with Gasteiger partial charge in [0.25, 0.3) is 5.91 Å². The molecule has 25 heavy (non-hydrogen) atoms. The number of aryl methyl sites for hydroxylation is 1. The highest BCUT2D eigenvalue weighted by Gasteiger charge is 2.13. The quantitative estimate of drug-likeness (QED) is 0.661. The van der Waals surface area contributed by atoms with Crippen molar-refractivity contribution in [2.24, 2.45) is 0 Å². The molecule has 0 saturated heterocycles. The number of rotatable bonds is 5. The van der Waals surface area contributed by atoms with Gasteiger partial charge in [0, 0.05) is 21.8 Å². The van der Waals surface area contributed by atoms with E-state index in [1.165, 1.54) is 0 Å². The summed E-state index contributed by atoms with van der Waals surface area (Å²) in [6.45, 7) is 2.24. The third-order valence-corrected chi connectivity index (χ3v) is 4.07. The number of amides is 1. The second-order valence-electron chi connectivity index (χ2n) is 5.67. The minimum atomic E-state index is -0.169. The Balaban J connectivity index is 1.76. The van der Waals surface area contributed by atoms with Gasteiger partial charge in [-0.25, -0.2) is 0 Å². The van der Waals surface area contributed by atoms with E-state index in [0.29, 0.717) is 17.2 Å². The highest BCUT2D eigenvalue weighted by Crippen LogP contribution is 2.21. The molecule has 0 spiro atoms. The molecule has 1 N–H and O–H groups in total. The number of para-hydroxylation sites is 1. The smallest absolute Gasteiger partial charge is 0.256 e. The number of hydrogen-bond donors (Lipinski definition) is 1. The molecule has 1 amide bonds. The van der Waals surface area contributed by atoms with Crippen LogP contribution in [0.15, 0.2) is 72.8 Å². The van der Waals surface area contributed by atoms with E-state index in [1.807, 2.05) is 61.5 Å². The van der Waals surface area contributed by atoms with Crippen molar-refractivity contribution in [2.45, 2.75) is 13.5 Å². The normalized spacial score (nSPS) is 10.3. The lowest BCUT2D eigenvalue weighted by atomic mass is 10.1. The van der Waals surface area contributed by atoms with E-state index in [-0.39, 0.29) is 5.91 Å². The maximum absolute atomic E-state index is 12.7. The van der Waals surface area contributed by atoms with Crippen LogP contribution in [0.3, 0.4) is 0 Å². The van der Waals surface area contributed by atoms with Crippen molar-refractivity contribution in [3.8, 4) is 5.75 Å². The molecular weight excluding hydrogens is 334 g/mol. The predicted molar refractivity (Wildman–Crippen MR) is 101 cm³/mol. The van der Waals surface area contributed by atoms with Gasteiger partial charge < -0.3 is 10.1 Å². The van der Waals surface area contributed by atoms with Gasteiger partial charge in [0.15, 0.2) is 0 Å². The number of benzene rings is 3. The number of nitrogens with one attached hydrogen (secondary N) is 1. The Kier molecular flexibility index (Phi) is 5.36. The molecule has 0 fully saturated rings. The molecule has 0 aliphatic rings. The highest BCUT2D eigenvalue weighted by atomic mass is 35.5. The van der Waals surface area contributed by atoms with Gasteiger partial charge in [0.1, 0.15) is 12.4 Å². The molecular formula is C21H18ClNO2. The van der Waals surface area contributed by atoms with E-state index in [9.17, 15) is 4.79 Å². The average molecular weight is 352 g/mol. The van der Waals surface area contributed by atoms with Gasteiger partial charge in [-0.2, -0.15) is 0 Å². The highest BCUT2D eigenvalue weighted by molar-refractivity contribution is 6.30. The Morgan fingerprint density at radius 2 is 1.72 bits per heavy atom. The molecule has 0 aliphatic carbocycles. The molecule has 3 aromatic carbocycles. The third-order valence-electron chi connectivity index (χ3n) is 3.84. The summed E-state index contributed by atoms with van der Waals surface area (Å²) in [6, 6.07) is 22.4. The zero-order chi connectivity index (χ0) is 17.6. The molecule has 126 valence electrons. The number of anilines is 1. The van der Waals surface area contributed by atoms with Crippen molar-refractivity contribution in [3.63, 3.8) is 0 Å². The van der Waals surface area contributed by atoms with Crippen LogP contribution in [0.4, 0.5) is 5.69 Å². The molecule has 3 rings (SSSR count). The lowest BCUT2D eigenvalue weighted by Crippen LogP contribution is -2.15. The molecule has 0 aromatic heterocycles. The van der Waals surface area contributed by atoms with Gasteiger partial charge in [-0.3, -0.25) is 4.79 Å². The van der Waals surface area contributed by atoms with E-state index in [0.717, 1.165) is 22.6 Å². The fourth-order valence-electron chi connectivity index (χ4n) is 2.50. The molecule has 0 saturated carbocycles. The zero-order valence-electron chi connectivity index (χ0n) is 13.8. The maximum Gasteiger partial charge on any atom is 0.256 e. The second-order valence-corrected chi connectivity index (χ2v) is 6.11. The summed E-state index contributed by atoms with van der Waals surface area (Å²) in [5.74, 6) is 0.601. The first-order chi connectivity index (χ1) is 12.1. The Hall–Kier alpha value is -2.78. The van der Waals surface area contributed by atoms with Crippen molar-refractivity contribution >= 4 is 23.2 Å². The largest absolute Gasteiger partial charge is 0.489 e. The fraction of sp³-hybridized carbons (Fsp3) is 0.0952. The summed E-state index contributed by atoms with van der Waals surface area (Å²) in [5, 5.41) is 3.58. The van der Waals surface area contributed by atoms with Crippen LogP contribution < -0.4 is 10.1 Å². The van der Waals surface area contributed by atoms with Crippen LogP contribution in [-0.4, -0.2) is 5.91 Å².